The van der Waals surface area contributed by atoms with Gasteiger partial charge in [-0.25, -0.2) is 14.4 Å². The molecule has 0 unspecified atom stereocenters. The summed E-state index contributed by atoms with van der Waals surface area (Å²) in [5.41, 5.74) is 7.44. The second-order valence-corrected chi connectivity index (χ2v) is 5.98. The monoisotopic (exact) mass is 324 g/mol. The average molecular weight is 324 g/mol. The Bertz CT molecular complexity index is 774. The fourth-order valence-electron chi connectivity index (χ4n) is 2.98. The molecule has 0 aliphatic carbocycles. The maximum Gasteiger partial charge on any atom is 0.126 e. The summed E-state index contributed by atoms with van der Waals surface area (Å²) in [5, 5.41) is 0. The number of nitrogens with zero attached hydrogens (tertiary/aromatic N) is 2. The summed E-state index contributed by atoms with van der Waals surface area (Å²) < 4.78 is 13.8. The van der Waals surface area contributed by atoms with Crippen molar-refractivity contribution in [1.29, 1.82) is 0 Å². The van der Waals surface area contributed by atoms with Crippen LogP contribution in [0.2, 0.25) is 0 Å². The van der Waals surface area contributed by atoms with E-state index in [1.807, 2.05) is 26.0 Å². The smallest absolute Gasteiger partial charge is 0.126 e. The van der Waals surface area contributed by atoms with Gasteiger partial charge in [0.2, 0.25) is 0 Å². The maximum absolute atomic E-state index is 13.8. The van der Waals surface area contributed by atoms with Crippen molar-refractivity contribution < 1.29 is 4.39 Å². The first-order valence-electron chi connectivity index (χ1n) is 8.42. The number of hydrogen-bond donors (Lipinski definition) is 0. The molecule has 1 heterocycles. The Morgan fingerprint density at radius 3 is 2.42 bits per heavy atom. The highest BCUT2D eigenvalue weighted by molar-refractivity contribution is 5.77. The van der Waals surface area contributed by atoms with Crippen molar-refractivity contribution >= 4 is 11.1 Å². The van der Waals surface area contributed by atoms with Crippen LogP contribution in [0.3, 0.4) is 0 Å². The van der Waals surface area contributed by atoms with E-state index in [1.54, 1.807) is 18.6 Å². The van der Waals surface area contributed by atoms with Crippen LogP contribution in [-0.4, -0.2) is 9.97 Å². The Hall–Kier alpha value is -2.29. The number of halogens is 1. The van der Waals surface area contributed by atoms with Gasteiger partial charge in [0.15, 0.2) is 0 Å². The van der Waals surface area contributed by atoms with Crippen molar-refractivity contribution in [1.82, 2.24) is 9.97 Å². The fraction of sp³-hybridized carbons (Fsp3) is 0.333. The largest absolute Gasteiger partial charge is 0.245 e. The van der Waals surface area contributed by atoms with Gasteiger partial charge in [0, 0.05) is 6.20 Å². The zero-order valence-electron chi connectivity index (χ0n) is 15.2. The fourth-order valence-corrected chi connectivity index (χ4v) is 2.98. The number of hydrogen-bond acceptors (Lipinski definition) is 2. The molecule has 0 fully saturated rings. The van der Waals surface area contributed by atoms with E-state index >= 15 is 0 Å². The molecule has 0 N–H and O–H groups in total. The molecule has 24 heavy (non-hydrogen) atoms. The van der Waals surface area contributed by atoms with Crippen LogP contribution in [0.25, 0.3) is 11.1 Å². The molecule has 0 aliphatic rings. The lowest BCUT2D eigenvalue weighted by atomic mass is 9.91. The van der Waals surface area contributed by atoms with E-state index in [0.717, 1.165) is 35.2 Å². The van der Waals surface area contributed by atoms with E-state index in [0.29, 0.717) is 0 Å². The third-order valence-electron chi connectivity index (χ3n) is 4.56. The first kappa shape index (κ1) is 18.1. The van der Waals surface area contributed by atoms with Crippen molar-refractivity contribution in [3.05, 3.63) is 70.6 Å². The topological polar surface area (TPSA) is 25.8 Å². The van der Waals surface area contributed by atoms with Crippen molar-refractivity contribution in [2.45, 2.75) is 47.5 Å². The summed E-state index contributed by atoms with van der Waals surface area (Å²) in [6.07, 6.45) is 7.33. The van der Waals surface area contributed by atoms with Crippen molar-refractivity contribution in [3.8, 4) is 0 Å². The molecule has 0 saturated heterocycles. The second-order valence-electron chi connectivity index (χ2n) is 5.98. The van der Waals surface area contributed by atoms with Gasteiger partial charge in [0.1, 0.15) is 12.1 Å². The molecular formula is C21H25FN2. The van der Waals surface area contributed by atoms with Gasteiger partial charge in [-0.05, 0) is 79.2 Å². The van der Waals surface area contributed by atoms with Crippen LogP contribution >= 0.6 is 0 Å². The van der Waals surface area contributed by atoms with Gasteiger partial charge < -0.3 is 0 Å². The Balaban J connectivity index is 2.55. The summed E-state index contributed by atoms with van der Waals surface area (Å²) >= 11 is 0. The molecule has 0 atom stereocenters. The first-order valence-corrected chi connectivity index (χ1v) is 8.42. The highest BCUT2D eigenvalue weighted by Gasteiger charge is 2.11. The Labute approximate surface area is 144 Å². The lowest BCUT2D eigenvalue weighted by Crippen LogP contribution is -1.97. The van der Waals surface area contributed by atoms with Gasteiger partial charge in [-0.3, -0.25) is 0 Å². The second kappa shape index (κ2) is 8.00. The van der Waals surface area contributed by atoms with Crippen LogP contribution in [0, 0.1) is 19.7 Å². The average Bonchev–Trinajstić information content (AvgIpc) is 2.61. The summed E-state index contributed by atoms with van der Waals surface area (Å²) in [6.45, 7) is 10.2. The van der Waals surface area contributed by atoms with E-state index in [1.165, 1.54) is 16.7 Å². The zero-order valence-corrected chi connectivity index (χ0v) is 15.2. The molecule has 2 rings (SSSR count). The molecule has 0 saturated carbocycles. The van der Waals surface area contributed by atoms with E-state index in [4.69, 9.17) is 0 Å². The predicted octanol–water partition coefficient (Wildman–Crippen LogP) is 5.91. The third-order valence-corrected chi connectivity index (χ3v) is 4.56. The highest BCUT2D eigenvalue weighted by atomic mass is 19.1. The molecule has 2 aromatic rings. The lowest BCUT2D eigenvalue weighted by molar-refractivity contribution is 0.616. The van der Waals surface area contributed by atoms with Gasteiger partial charge in [-0.2, -0.15) is 0 Å². The lowest BCUT2D eigenvalue weighted by Gasteiger charge is -2.15. The number of benzene rings is 1. The summed E-state index contributed by atoms with van der Waals surface area (Å²) in [6, 6.07) is 5.39. The maximum atomic E-state index is 13.8. The molecule has 0 amide bonds. The molecule has 1 aromatic heterocycles. The van der Waals surface area contributed by atoms with E-state index in [2.05, 4.69) is 36.8 Å². The minimum atomic E-state index is -0.143. The van der Waals surface area contributed by atoms with Crippen LogP contribution < -0.4 is 0 Å². The third kappa shape index (κ3) is 3.78. The Morgan fingerprint density at radius 2 is 1.83 bits per heavy atom. The number of allylic oxidation sites excluding steroid dienone is 4. The predicted molar refractivity (Wildman–Crippen MR) is 99.1 cm³/mol. The summed E-state index contributed by atoms with van der Waals surface area (Å²) in [4.78, 5) is 8.34. The van der Waals surface area contributed by atoms with Crippen LogP contribution in [-0.2, 0) is 0 Å². The van der Waals surface area contributed by atoms with E-state index in [9.17, 15) is 4.39 Å². The Morgan fingerprint density at radius 1 is 1.08 bits per heavy atom. The van der Waals surface area contributed by atoms with E-state index < -0.39 is 0 Å². The standard InChI is InChI=1S/C21H25FN2/c1-6-17(21-10-11-23-13-24-21)12-14(3)18(7-2)19-8-9-20(22)16(5)15(19)4/h8-13H,6-7H2,1-5H3. The number of rotatable bonds is 5. The molecule has 0 spiro atoms. The van der Waals surface area contributed by atoms with Crippen LogP contribution in [0.15, 0.2) is 42.4 Å². The van der Waals surface area contributed by atoms with Gasteiger partial charge in [0.05, 0.1) is 5.69 Å². The molecule has 2 nitrogen and oxygen atoms in total. The van der Waals surface area contributed by atoms with Gasteiger partial charge >= 0.3 is 0 Å². The summed E-state index contributed by atoms with van der Waals surface area (Å²) in [7, 11) is 0. The minimum absolute atomic E-state index is 0.143. The highest BCUT2D eigenvalue weighted by Crippen LogP contribution is 2.30. The van der Waals surface area contributed by atoms with Crippen molar-refractivity contribution in [2.24, 2.45) is 0 Å². The zero-order chi connectivity index (χ0) is 17.7. The normalized spacial score (nSPS) is 13.0. The van der Waals surface area contributed by atoms with Gasteiger partial charge in [0.25, 0.3) is 0 Å². The molecule has 3 heteroatoms. The molecular weight excluding hydrogens is 299 g/mol. The van der Waals surface area contributed by atoms with Crippen LogP contribution in [0.5, 0.6) is 0 Å². The van der Waals surface area contributed by atoms with E-state index in [-0.39, 0.29) is 5.82 Å². The molecule has 126 valence electrons. The number of aromatic nitrogens is 2. The first-order chi connectivity index (χ1) is 11.5. The van der Waals surface area contributed by atoms with Gasteiger partial charge in [-0.1, -0.05) is 26.0 Å². The summed E-state index contributed by atoms with van der Waals surface area (Å²) in [5.74, 6) is -0.143. The van der Waals surface area contributed by atoms with Crippen molar-refractivity contribution in [2.75, 3.05) is 0 Å². The SMILES string of the molecule is CCC(=CC(C)=C(CC)c1ccc(F)c(C)c1C)c1ccncn1. The Kier molecular flexibility index (Phi) is 6.02. The minimum Gasteiger partial charge on any atom is -0.245 e. The molecule has 0 bridgehead atoms. The quantitative estimate of drug-likeness (QED) is 0.639. The molecule has 0 aliphatic heterocycles. The van der Waals surface area contributed by atoms with Crippen molar-refractivity contribution in [3.63, 3.8) is 0 Å². The van der Waals surface area contributed by atoms with Gasteiger partial charge in [-0.15, -0.1) is 0 Å². The molecule has 1 aromatic carbocycles. The van der Waals surface area contributed by atoms with Crippen LogP contribution in [0.1, 0.15) is 56.0 Å². The molecule has 0 radical (unpaired) electrons. The van der Waals surface area contributed by atoms with Crippen LogP contribution in [0.4, 0.5) is 4.39 Å².